The van der Waals surface area contributed by atoms with Crippen molar-refractivity contribution in [3.8, 4) is 0 Å². The summed E-state index contributed by atoms with van der Waals surface area (Å²) in [4.78, 5) is 10.7. The first-order valence-corrected chi connectivity index (χ1v) is 5.28. The number of rotatable bonds is 3. The highest BCUT2D eigenvalue weighted by Crippen LogP contribution is 2.23. The molecule has 0 aliphatic carbocycles. The smallest absolute Gasteiger partial charge is 0.306 e. The summed E-state index contributed by atoms with van der Waals surface area (Å²) >= 11 is 3.43. The molecule has 0 aliphatic rings. The van der Waals surface area contributed by atoms with Crippen LogP contribution in [-0.2, 0) is 11.2 Å². The van der Waals surface area contributed by atoms with Gasteiger partial charge in [0.2, 0.25) is 0 Å². The van der Waals surface area contributed by atoms with Gasteiger partial charge in [-0.1, -0.05) is 35.0 Å². The summed E-state index contributed by atoms with van der Waals surface area (Å²) in [6.45, 7) is 3.72. The third-order valence-corrected chi connectivity index (χ3v) is 3.03. The monoisotopic (exact) mass is 256 g/mol. The molecule has 1 N–H and O–H groups in total. The van der Waals surface area contributed by atoms with Crippen LogP contribution in [0.5, 0.6) is 0 Å². The number of carbonyl (C=O) groups is 1. The van der Waals surface area contributed by atoms with Gasteiger partial charge in [0.05, 0.1) is 5.92 Å². The molecular formula is C11H13BrO2. The molecule has 0 radical (unpaired) electrons. The number of aliphatic carboxylic acids is 1. The third-order valence-electron chi connectivity index (χ3n) is 2.28. The Bertz CT molecular complexity index is 327. The largest absolute Gasteiger partial charge is 0.481 e. The molecule has 0 fully saturated rings. The first kappa shape index (κ1) is 11.2. The molecule has 0 bridgehead atoms. The molecule has 1 atom stereocenters. The summed E-state index contributed by atoms with van der Waals surface area (Å²) in [5, 5.41) is 8.81. The Morgan fingerprint density at radius 1 is 1.57 bits per heavy atom. The average molecular weight is 257 g/mol. The standard InChI is InChI=1S/C11H13BrO2/c1-7-4-3-5-10(12)9(7)6-8(2)11(13)14/h3-5,8H,6H2,1-2H3,(H,13,14). The van der Waals surface area contributed by atoms with Crippen molar-refractivity contribution in [1.82, 2.24) is 0 Å². The highest BCUT2D eigenvalue weighted by Gasteiger charge is 2.14. The van der Waals surface area contributed by atoms with E-state index in [2.05, 4.69) is 15.9 Å². The first-order chi connectivity index (χ1) is 6.52. The van der Waals surface area contributed by atoms with Crippen LogP contribution in [0.15, 0.2) is 22.7 Å². The van der Waals surface area contributed by atoms with Crippen LogP contribution >= 0.6 is 15.9 Å². The van der Waals surface area contributed by atoms with E-state index in [1.165, 1.54) is 0 Å². The van der Waals surface area contributed by atoms with Crippen LogP contribution in [0.1, 0.15) is 18.1 Å². The lowest BCUT2D eigenvalue weighted by Gasteiger charge is -2.10. The number of benzene rings is 1. The molecule has 0 aliphatic heterocycles. The number of aryl methyl sites for hydroxylation is 1. The van der Waals surface area contributed by atoms with Crippen LogP contribution in [0.3, 0.4) is 0 Å². The second-order valence-electron chi connectivity index (χ2n) is 3.48. The van der Waals surface area contributed by atoms with Crippen LogP contribution in [0.25, 0.3) is 0 Å². The number of carboxylic acids is 1. The van der Waals surface area contributed by atoms with Gasteiger partial charge in [-0.05, 0) is 30.5 Å². The van der Waals surface area contributed by atoms with E-state index in [0.29, 0.717) is 6.42 Å². The summed E-state index contributed by atoms with van der Waals surface area (Å²) in [6, 6.07) is 5.89. The van der Waals surface area contributed by atoms with Crippen LogP contribution in [0.2, 0.25) is 0 Å². The fourth-order valence-corrected chi connectivity index (χ4v) is 1.95. The van der Waals surface area contributed by atoms with Crippen molar-refractivity contribution in [3.05, 3.63) is 33.8 Å². The van der Waals surface area contributed by atoms with Gasteiger partial charge in [0.1, 0.15) is 0 Å². The van der Waals surface area contributed by atoms with E-state index in [-0.39, 0.29) is 5.92 Å². The second kappa shape index (κ2) is 4.60. The molecule has 0 saturated carbocycles. The maximum absolute atomic E-state index is 10.7. The predicted molar refractivity (Wildman–Crippen MR) is 59.4 cm³/mol. The summed E-state index contributed by atoms with van der Waals surface area (Å²) < 4.78 is 0.991. The SMILES string of the molecule is Cc1cccc(Br)c1CC(C)C(=O)O. The maximum Gasteiger partial charge on any atom is 0.306 e. The van der Waals surface area contributed by atoms with E-state index >= 15 is 0 Å². The van der Waals surface area contributed by atoms with Crippen molar-refractivity contribution in [1.29, 1.82) is 0 Å². The lowest BCUT2D eigenvalue weighted by atomic mass is 9.98. The van der Waals surface area contributed by atoms with Crippen LogP contribution in [-0.4, -0.2) is 11.1 Å². The number of hydrogen-bond donors (Lipinski definition) is 1. The third kappa shape index (κ3) is 2.58. The topological polar surface area (TPSA) is 37.3 Å². The fraction of sp³-hybridized carbons (Fsp3) is 0.364. The molecule has 1 aromatic carbocycles. The van der Waals surface area contributed by atoms with E-state index < -0.39 is 5.97 Å². The van der Waals surface area contributed by atoms with Gasteiger partial charge >= 0.3 is 5.97 Å². The van der Waals surface area contributed by atoms with E-state index in [9.17, 15) is 4.79 Å². The Balaban J connectivity index is 2.91. The molecule has 2 nitrogen and oxygen atoms in total. The second-order valence-corrected chi connectivity index (χ2v) is 4.33. The van der Waals surface area contributed by atoms with Crippen molar-refractivity contribution in [3.63, 3.8) is 0 Å². The Morgan fingerprint density at radius 2 is 2.21 bits per heavy atom. The van der Waals surface area contributed by atoms with Crippen molar-refractivity contribution in [2.24, 2.45) is 5.92 Å². The quantitative estimate of drug-likeness (QED) is 0.903. The molecule has 0 aromatic heterocycles. The molecule has 0 heterocycles. The van der Waals surface area contributed by atoms with E-state index in [1.807, 2.05) is 25.1 Å². The average Bonchev–Trinajstić information content (AvgIpc) is 2.11. The molecular weight excluding hydrogens is 244 g/mol. The predicted octanol–water partition coefficient (Wildman–Crippen LogP) is 3.02. The highest BCUT2D eigenvalue weighted by molar-refractivity contribution is 9.10. The van der Waals surface area contributed by atoms with E-state index in [0.717, 1.165) is 15.6 Å². The van der Waals surface area contributed by atoms with Gasteiger partial charge in [-0.15, -0.1) is 0 Å². The van der Waals surface area contributed by atoms with Crippen molar-refractivity contribution in [2.45, 2.75) is 20.3 Å². The Morgan fingerprint density at radius 3 is 2.71 bits per heavy atom. The van der Waals surface area contributed by atoms with Gasteiger partial charge in [0.25, 0.3) is 0 Å². The molecule has 14 heavy (non-hydrogen) atoms. The minimum absolute atomic E-state index is 0.340. The zero-order chi connectivity index (χ0) is 10.7. The van der Waals surface area contributed by atoms with Gasteiger partial charge in [0, 0.05) is 4.47 Å². The minimum atomic E-state index is -0.750. The maximum atomic E-state index is 10.7. The molecule has 0 spiro atoms. The van der Waals surface area contributed by atoms with E-state index in [4.69, 9.17) is 5.11 Å². The Kier molecular flexibility index (Phi) is 3.69. The minimum Gasteiger partial charge on any atom is -0.481 e. The van der Waals surface area contributed by atoms with Crippen molar-refractivity contribution >= 4 is 21.9 Å². The van der Waals surface area contributed by atoms with Crippen LogP contribution in [0.4, 0.5) is 0 Å². The van der Waals surface area contributed by atoms with E-state index in [1.54, 1.807) is 6.92 Å². The normalized spacial score (nSPS) is 12.5. The van der Waals surface area contributed by atoms with Crippen LogP contribution in [0, 0.1) is 12.8 Å². The summed E-state index contributed by atoms with van der Waals surface area (Å²) in [5.74, 6) is -1.09. The molecule has 1 rings (SSSR count). The summed E-state index contributed by atoms with van der Waals surface area (Å²) in [6.07, 6.45) is 0.572. The molecule has 0 saturated heterocycles. The number of halogens is 1. The molecule has 0 amide bonds. The van der Waals surface area contributed by atoms with Gasteiger partial charge in [-0.2, -0.15) is 0 Å². The number of carboxylic acid groups (broad SMARTS) is 1. The molecule has 1 unspecified atom stereocenters. The first-order valence-electron chi connectivity index (χ1n) is 4.49. The van der Waals surface area contributed by atoms with Crippen molar-refractivity contribution < 1.29 is 9.90 Å². The highest BCUT2D eigenvalue weighted by atomic mass is 79.9. The number of hydrogen-bond acceptors (Lipinski definition) is 1. The summed E-state index contributed by atoms with van der Waals surface area (Å²) in [7, 11) is 0. The zero-order valence-corrected chi connectivity index (χ0v) is 9.84. The molecule has 76 valence electrons. The van der Waals surface area contributed by atoms with Crippen LogP contribution < -0.4 is 0 Å². The Hall–Kier alpha value is -0.830. The lowest BCUT2D eigenvalue weighted by molar-refractivity contribution is -0.141. The summed E-state index contributed by atoms with van der Waals surface area (Å²) in [5.41, 5.74) is 2.22. The van der Waals surface area contributed by atoms with Gasteiger partial charge in [0.15, 0.2) is 0 Å². The fourth-order valence-electron chi connectivity index (χ4n) is 1.32. The van der Waals surface area contributed by atoms with Gasteiger partial charge in [-0.3, -0.25) is 4.79 Å². The van der Waals surface area contributed by atoms with Gasteiger partial charge in [-0.25, -0.2) is 0 Å². The Labute approximate surface area is 92.1 Å². The van der Waals surface area contributed by atoms with Crippen molar-refractivity contribution in [2.75, 3.05) is 0 Å². The molecule has 3 heteroatoms. The molecule has 1 aromatic rings. The lowest BCUT2D eigenvalue weighted by Crippen LogP contribution is -2.13. The zero-order valence-electron chi connectivity index (χ0n) is 8.25. The van der Waals surface area contributed by atoms with Gasteiger partial charge < -0.3 is 5.11 Å².